The van der Waals surface area contributed by atoms with Crippen molar-refractivity contribution in [1.29, 1.82) is 0 Å². The van der Waals surface area contributed by atoms with Gasteiger partial charge in [-0.3, -0.25) is 14.4 Å². The lowest BCUT2D eigenvalue weighted by Gasteiger charge is -2.32. The summed E-state index contributed by atoms with van der Waals surface area (Å²) in [5, 5.41) is 11.2. The number of para-hydroxylation sites is 1. The summed E-state index contributed by atoms with van der Waals surface area (Å²) in [5.74, 6) is -1.41. The summed E-state index contributed by atoms with van der Waals surface area (Å²) in [4.78, 5) is 60.6. The lowest BCUT2D eigenvalue weighted by atomic mass is 9.97. The van der Waals surface area contributed by atoms with E-state index < -0.39 is 36.0 Å². The molecule has 0 aromatic heterocycles. The molecule has 1 aliphatic heterocycles. The van der Waals surface area contributed by atoms with Crippen molar-refractivity contribution in [1.82, 2.24) is 4.90 Å². The largest absolute Gasteiger partial charge is 0.484 e. The van der Waals surface area contributed by atoms with Crippen molar-refractivity contribution >= 4 is 35.5 Å². The van der Waals surface area contributed by atoms with Crippen molar-refractivity contribution in [3.05, 3.63) is 82.9 Å². The minimum absolute atomic E-state index is 0.00671. The number of fused-ring (bicyclic) bond motifs is 1. The summed E-state index contributed by atoms with van der Waals surface area (Å²) in [6.45, 7) is 5.79. The van der Waals surface area contributed by atoms with Gasteiger partial charge in [-0.15, -0.1) is 0 Å². The molecular formula is C34H41N5O10. The van der Waals surface area contributed by atoms with Crippen molar-refractivity contribution in [3.8, 4) is 17.2 Å². The van der Waals surface area contributed by atoms with Gasteiger partial charge in [0.1, 0.15) is 5.75 Å². The number of primary amides is 2. The molecule has 49 heavy (non-hydrogen) atoms. The van der Waals surface area contributed by atoms with E-state index >= 15 is 0 Å². The molecule has 0 spiro atoms. The van der Waals surface area contributed by atoms with Gasteiger partial charge in [0, 0.05) is 18.3 Å². The number of ether oxygens (including phenoxy) is 4. The highest BCUT2D eigenvalue weighted by molar-refractivity contribution is 5.98. The van der Waals surface area contributed by atoms with E-state index in [2.05, 4.69) is 5.32 Å². The Hall–Kier alpha value is -5.83. The summed E-state index contributed by atoms with van der Waals surface area (Å²) in [6, 6.07) is 14.7. The number of esters is 1. The number of carbonyl (C=O) groups is 5. The molecule has 1 heterocycles. The van der Waals surface area contributed by atoms with E-state index in [4.69, 9.17) is 41.3 Å². The number of aryl methyl sites for hydroxylation is 1. The molecule has 0 saturated heterocycles. The van der Waals surface area contributed by atoms with E-state index in [9.17, 15) is 24.0 Å². The third-order valence-electron chi connectivity index (χ3n) is 7.16. The number of hydrogen-bond donors (Lipinski definition) is 5. The molecule has 0 bridgehead atoms. The van der Waals surface area contributed by atoms with Gasteiger partial charge in [0.15, 0.2) is 24.1 Å². The number of hydrogen-bond acceptors (Lipinski definition) is 10. The standard InChI is InChI=1S/C23H29N3O5.C11H12N2O5/c1-15(2)13-26(20(27)14-31-18-8-6-5-7-9-18)21(22(28)30-4)17-10-11-19(16(3)12-17)25-23(24)29;12-6(3-8(14)15)5-1-2-7-10(18-4-17-7)9(5)11(13)16/h5-12,15,21H,13-14H2,1-4H3,(H3,24,25,29);1-2,6H,3-4,12H2,(H2,13,16)(H,14,15). The molecule has 0 fully saturated rings. The summed E-state index contributed by atoms with van der Waals surface area (Å²) in [6.07, 6.45) is -0.306. The minimum atomic E-state index is -1.06. The lowest BCUT2D eigenvalue weighted by Crippen LogP contribution is -2.43. The first-order valence-corrected chi connectivity index (χ1v) is 15.1. The van der Waals surface area contributed by atoms with Gasteiger partial charge in [-0.1, -0.05) is 50.2 Å². The number of nitrogens with two attached hydrogens (primary N) is 3. The molecule has 4 rings (SSSR count). The molecule has 0 radical (unpaired) electrons. The SMILES string of the molecule is COC(=O)C(c1ccc(NC(N)=O)c(C)c1)N(CC(C)C)C(=O)COc1ccccc1.NC(=O)c1c(C(N)CC(=O)O)ccc2c1OCO2. The number of anilines is 1. The normalized spacial score (nSPS) is 12.5. The highest BCUT2D eigenvalue weighted by Gasteiger charge is 2.33. The van der Waals surface area contributed by atoms with E-state index in [1.165, 1.54) is 18.1 Å². The number of amides is 4. The van der Waals surface area contributed by atoms with Gasteiger partial charge < -0.3 is 51.5 Å². The van der Waals surface area contributed by atoms with Crippen LogP contribution in [0.25, 0.3) is 0 Å². The Morgan fingerprint density at radius 2 is 1.69 bits per heavy atom. The Balaban J connectivity index is 0.000000305. The molecule has 0 aliphatic carbocycles. The van der Waals surface area contributed by atoms with Crippen LogP contribution in [0.5, 0.6) is 17.2 Å². The zero-order valence-electron chi connectivity index (χ0n) is 27.6. The Labute approximate surface area is 283 Å². The van der Waals surface area contributed by atoms with E-state index in [-0.39, 0.29) is 43.0 Å². The first-order chi connectivity index (χ1) is 23.2. The Morgan fingerprint density at radius 1 is 1.00 bits per heavy atom. The number of carboxylic acid groups (broad SMARTS) is 1. The number of benzene rings is 3. The number of nitrogens with zero attached hydrogens (tertiary/aromatic N) is 1. The fourth-order valence-corrected chi connectivity index (χ4v) is 5.02. The van der Waals surface area contributed by atoms with Crippen LogP contribution in [-0.2, 0) is 19.1 Å². The van der Waals surface area contributed by atoms with Crippen molar-refractivity contribution in [2.45, 2.75) is 39.3 Å². The molecule has 1 aliphatic rings. The first kappa shape index (κ1) is 37.6. The van der Waals surface area contributed by atoms with Crippen LogP contribution in [0.4, 0.5) is 10.5 Å². The molecule has 3 aromatic rings. The maximum Gasteiger partial charge on any atom is 0.333 e. The van der Waals surface area contributed by atoms with Gasteiger partial charge in [-0.2, -0.15) is 0 Å². The zero-order chi connectivity index (χ0) is 36.2. The summed E-state index contributed by atoms with van der Waals surface area (Å²) in [5.41, 5.74) is 18.4. The molecule has 0 saturated carbocycles. The van der Waals surface area contributed by atoms with Gasteiger partial charge in [-0.05, 0) is 53.8 Å². The van der Waals surface area contributed by atoms with Crippen LogP contribution in [0.3, 0.4) is 0 Å². The molecule has 15 nitrogen and oxygen atoms in total. The molecular weight excluding hydrogens is 638 g/mol. The number of aliphatic carboxylic acids is 1. The average molecular weight is 680 g/mol. The third-order valence-corrected chi connectivity index (χ3v) is 7.16. The topological polar surface area (TPSA) is 236 Å². The highest BCUT2D eigenvalue weighted by atomic mass is 16.7. The number of carboxylic acids is 1. The maximum atomic E-state index is 13.1. The first-order valence-electron chi connectivity index (χ1n) is 15.1. The number of urea groups is 1. The quantitative estimate of drug-likeness (QED) is 0.164. The molecule has 3 aromatic carbocycles. The van der Waals surface area contributed by atoms with Gasteiger partial charge in [-0.25, -0.2) is 9.59 Å². The van der Waals surface area contributed by atoms with Crippen LogP contribution in [0.2, 0.25) is 0 Å². The molecule has 2 atom stereocenters. The van der Waals surface area contributed by atoms with Crippen LogP contribution in [0.15, 0.2) is 60.7 Å². The second kappa shape index (κ2) is 17.4. The number of nitrogens with one attached hydrogen (secondary N) is 1. The minimum Gasteiger partial charge on any atom is -0.484 e. The van der Waals surface area contributed by atoms with Crippen molar-refractivity contribution in [2.24, 2.45) is 23.1 Å². The molecule has 15 heteroatoms. The predicted octanol–water partition coefficient (Wildman–Crippen LogP) is 3.25. The van der Waals surface area contributed by atoms with E-state index in [0.717, 1.165) is 0 Å². The number of rotatable bonds is 13. The fourth-order valence-electron chi connectivity index (χ4n) is 5.02. The van der Waals surface area contributed by atoms with Crippen LogP contribution >= 0.6 is 0 Å². The molecule has 2 unspecified atom stereocenters. The van der Waals surface area contributed by atoms with Crippen molar-refractivity contribution < 1.29 is 48.0 Å². The summed E-state index contributed by atoms with van der Waals surface area (Å²) >= 11 is 0. The maximum absolute atomic E-state index is 13.1. The fraction of sp³-hybridized carbons (Fsp3) is 0.324. The highest BCUT2D eigenvalue weighted by Crippen LogP contribution is 2.39. The summed E-state index contributed by atoms with van der Waals surface area (Å²) in [7, 11) is 1.28. The Morgan fingerprint density at radius 3 is 2.27 bits per heavy atom. The zero-order valence-corrected chi connectivity index (χ0v) is 27.6. The third kappa shape index (κ3) is 10.3. The monoisotopic (exact) mass is 679 g/mol. The lowest BCUT2D eigenvalue weighted by molar-refractivity contribution is -0.154. The van der Waals surface area contributed by atoms with E-state index in [0.29, 0.717) is 40.4 Å². The average Bonchev–Trinajstić information content (AvgIpc) is 3.53. The summed E-state index contributed by atoms with van der Waals surface area (Å²) < 4.78 is 20.9. The van der Waals surface area contributed by atoms with Crippen molar-refractivity contribution in [3.63, 3.8) is 0 Å². The Kier molecular flexibility index (Phi) is 13.3. The van der Waals surface area contributed by atoms with E-state index in [1.807, 2.05) is 32.0 Å². The van der Waals surface area contributed by atoms with Gasteiger partial charge >= 0.3 is 18.0 Å². The predicted molar refractivity (Wildman–Crippen MR) is 178 cm³/mol. The van der Waals surface area contributed by atoms with Crippen LogP contribution < -0.4 is 36.7 Å². The number of carbonyl (C=O) groups excluding carboxylic acids is 4. The number of methoxy groups -OCH3 is 1. The molecule has 8 N–H and O–H groups in total. The molecule has 262 valence electrons. The van der Waals surface area contributed by atoms with Gasteiger partial charge in [0.05, 0.1) is 19.1 Å². The van der Waals surface area contributed by atoms with Crippen LogP contribution in [-0.4, -0.2) is 66.8 Å². The van der Waals surface area contributed by atoms with Gasteiger partial charge in [0.2, 0.25) is 6.79 Å². The smallest absolute Gasteiger partial charge is 0.333 e. The van der Waals surface area contributed by atoms with E-state index in [1.54, 1.807) is 43.3 Å². The second-order valence-corrected chi connectivity index (χ2v) is 11.4. The molecule has 4 amide bonds. The second-order valence-electron chi connectivity index (χ2n) is 11.4. The Bertz CT molecular complexity index is 1660. The van der Waals surface area contributed by atoms with Gasteiger partial charge in [0.25, 0.3) is 11.8 Å². The van der Waals surface area contributed by atoms with Crippen LogP contribution in [0.1, 0.15) is 59.4 Å². The van der Waals surface area contributed by atoms with Crippen LogP contribution in [0, 0.1) is 12.8 Å². The van der Waals surface area contributed by atoms with Crippen molar-refractivity contribution in [2.75, 3.05) is 32.4 Å².